The highest BCUT2D eigenvalue weighted by Crippen LogP contribution is 2.26. The Morgan fingerprint density at radius 1 is 1.28 bits per heavy atom. The second-order valence-electron chi connectivity index (χ2n) is 4.92. The lowest BCUT2D eigenvalue weighted by Gasteiger charge is -2.07. The lowest BCUT2D eigenvalue weighted by molar-refractivity contribution is 0.0600. The molecule has 1 aromatic carbocycles. The van der Waals surface area contributed by atoms with Crippen LogP contribution >= 0.6 is 22.9 Å². The van der Waals surface area contributed by atoms with Gasteiger partial charge >= 0.3 is 5.97 Å². The third-order valence-electron chi connectivity index (χ3n) is 3.28. The second-order valence-corrected chi connectivity index (χ2v) is 6.19. The molecule has 1 N–H and O–H groups in total. The number of ether oxygens (including phenoxy) is 1. The minimum absolute atomic E-state index is 0.253. The van der Waals surface area contributed by atoms with Crippen molar-refractivity contribution in [2.75, 3.05) is 12.4 Å². The Labute approximate surface area is 152 Å². The van der Waals surface area contributed by atoms with Gasteiger partial charge in [0.15, 0.2) is 0 Å². The van der Waals surface area contributed by atoms with Crippen molar-refractivity contribution < 1.29 is 14.3 Å². The monoisotopic (exact) mass is 373 g/mol. The van der Waals surface area contributed by atoms with Gasteiger partial charge in [-0.2, -0.15) is 0 Å². The molecule has 126 valence electrons. The van der Waals surface area contributed by atoms with Crippen LogP contribution in [-0.4, -0.2) is 29.0 Å². The number of halogens is 1. The predicted octanol–water partition coefficient (Wildman–Crippen LogP) is 3.90. The number of amides is 1. The topological polar surface area (TPSA) is 81.2 Å². The average molecular weight is 374 g/mol. The number of nitrogens with zero attached hydrogens (tertiary/aromatic N) is 2. The number of thiazole rings is 1. The van der Waals surface area contributed by atoms with Gasteiger partial charge < -0.3 is 10.1 Å². The van der Waals surface area contributed by atoms with Crippen LogP contribution in [0, 0.1) is 0 Å². The van der Waals surface area contributed by atoms with Crippen molar-refractivity contribution in [2.45, 2.75) is 0 Å². The third kappa shape index (κ3) is 3.84. The first-order chi connectivity index (χ1) is 12.1. The Morgan fingerprint density at radius 2 is 2.12 bits per heavy atom. The number of rotatable bonds is 4. The first-order valence-corrected chi connectivity index (χ1v) is 8.39. The molecule has 0 saturated heterocycles. The zero-order chi connectivity index (χ0) is 17.8. The van der Waals surface area contributed by atoms with Crippen LogP contribution in [0.15, 0.2) is 48.1 Å². The van der Waals surface area contributed by atoms with Gasteiger partial charge in [-0.15, -0.1) is 11.3 Å². The van der Waals surface area contributed by atoms with Crippen molar-refractivity contribution >= 4 is 40.5 Å². The van der Waals surface area contributed by atoms with Crippen molar-refractivity contribution in [1.82, 2.24) is 9.97 Å². The SMILES string of the molecule is COC(=O)c1ccc(Cl)c(NC(=O)c2csc(-c3cccnc3)n2)c1. The third-order valence-corrected chi connectivity index (χ3v) is 4.50. The number of carbonyl (C=O) groups excluding carboxylic acids is 2. The molecule has 3 aromatic rings. The number of carbonyl (C=O) groups is 2. The second kappa shape index (κ2) is 7.42. The maximum absolute atomic E-state index is 12.4. The van der Waals surface area contributed by atoms with E-state index in [4.69, 9.17) is 11.6 Å². The molecule has 2 heterocycles. The van der Waals surface area contributed by atoms with Crippen LogP contribution < -0.4 is 5.32 Å². The van der Waals surface area contributed by atoms with Crippen molar-refractivity contribution in [3.05, 3.63) is 64.4 Å². The molecule has 0 radical (unpaired) electrons. The number of pyridine rings is 1. The molecule has 6 nitrogen and oxygen atoms in total. The highest BCUT2D eigenvalue weighted by molar-refractivity contribution is 7.13. The summed E-state index contributed by atoms with van der Waals surface area (Å²) in [6.45, 7) is 0. The van der Waals surface area contributed by atoms with Gasteiger partial charge in [-0.3, -0.25) is 9.78 Å². The van der Waals surface area contributed by atoms with Gasteiger partial charge in [-0.1, -0.05) is 11.6 Å². The van der Waals surface area contributed by atoms with Crippen LogP contribution in [0.25, 0.3) is 10.6 Å². The molecule has 1 amide bonds. The summed E-state index contributed by atoms with van der Waals surface area (Å²) in [5, 5.41) is 5.31. The summed E-state index contributed by atoms with van der Waals surface area (Å²) < 4.78 is 4.66. The Balaban J connectivity index is 1.81. The lowest BCUT2D eigenvalue weighted by Crippen LogP contribution is -2.13. The van der Waals surface area contributed by atoms with E-state index in [1.165, 1.54) is 36.6 Å². The maximum Gasteiger partial charge on any atom is 0.337 e. The van der Waals surface area contributed by atoms with E-state index < -0.39 is 11.9 Å². The van der Waals surface area contributed by atoms with Gasteiger partial charge in [0.05, 0.1) is 23.4 Å². The number of hydrogen-bond donors (Lipinski definition) is 1. The molecule has 0 aliphatic carbocycles. The largest absolute Gasteiger partial charge is 0.465 e. The molecule has 3 rings (SSSR count). The normalized spacial score (nSPS) is 10.3. The summed E-state index contributed by atoms with van der Waals surface area (Å²) in [5.74, 6) is -0.935. The van der Waals surface area contributed by atoms with E-state index in [-0.39, 0.29) is 11.3 Å². The smallest absolute Gasteiger partial charge is 0.337 e. The van der Waals surface area contributed by atoms with Crippen molar-refractivity contribution in [3.8, 4) is 10.6 Å². The number of methoxy groups -OCH3 is 1. The zero-order valence-electron chi connectivity index (χ0n) is 13.0. The molecule has 0 aliphatic heterocycles. The van der Waals surface area contributed by atoms with E-state index in [9.17, 15) is 9.59 Å². The molecule has 0 fully saturated rings. The van der Waals surface area contributed by atoms with Crippen LogP contribution in [0.1, 0.15) is 20.8 Å². The maximum atomic E-state index is 12.4. The van der Waals surface area contributed by atoms with Crippen LogP contribution in [0.2, 0.25) is 5.02 Å². The molecule has 25 heavy (non-hydrogen) atoms. The molecule has 0 atom stereocenters. The Morgan fingerprint density at radius 3 is 2.84 bits per heavy atom. The summed E-state index contributed by atoms with van der Waals surface area (Å²) in [7, 11) is 1.28. The average Bonchev–Trinajstić information content (AvgIpc) is 3.14. The Kier molecular flexibility index (Phi) is 5.06. The van der Waals surface area contributed by atoms with E-state index in [1.54, 1.807) is 23.8 Å². The van der Waals surface area contributed by atoms with Crippen molar-refractivity contribution in [2.24, 2.45) is 0 Å². The minimum atomic E-state index is -0.514. The highest BCUT2D eigenvalue weighted by atomic mass is 35.5. The number of hydrogen-bond acceptors (Lipinski definition) is 6. The van der Waals surface area contributed by atoms with Gasteiger partial charge in [0.25, 0.3) is 5.91 Å². The van der Waals surface area contributed by atoms with Gasteiger partial charge in [0, 0.05) is 23.3 Å². The summed E-state index contributed by atoms with van der Waals surface area (Å²) in [5.41, 5.74) is 1.68. The summed E-state index contributed by atoms with van der Waals surface area (Å²) in [4.78, 5) is 32.3. The summed E-state index contributed by atoms with van der Waals surface area (Å²) in [6.07, 6.45) is 3.35. The number of nitrogens with one attached hydrogen (secondary N) is 1. The van der Waals surface area contributed by atoms with Crippen LogP contribution in [0.4, 0.5) is 5.69 Å². The molecular formula is C17H12ClN3O3S. The quantitative estimate of drug-likeness (QED) is 0.701. The number of aromatic nitrogens is 2. The van der Waals surface area contributed by atoms with Gasteiger partial charge in [0.2, 0.25) is 0 Å². The molecule has 0 bridgehead atoms. The van der Waals surface area contributed by atoms with Gasteiger partial charge in [-0.05, 0) is 30.3 Å². The predicted molar refractivity (Wildman–Crippen MR) is 96.1 cm³/mol. The van der Waals surface area contributed by atoms with Gasteiger partial charge in [0.1, 0.15) is 10.7 Å². The Hall–Kier alpha value is -2.77. The number of benzene rings is 1. The molecule has 8 heteroatoms. The standard InChI is InChI=1S/C17H12ClN3O3S/c1-24-17(23)10-4-5-12(18)13(7-10)20-15(22)14-9-25-16(21-14)11-3-2-6-19-8-11/h2-9H,1H3,(H,20,22). The molecule has 0 aliphatic rings. The van der Waals surface area contributed by atoms with Crippen molar-refractivity contribution in [1.29, 1.82) is 0 Å². The summed E-state index contributed by atoms with van der Waals surface area (Å²) >= 11 is 7.42. The molecule has 0 unspecified atom stereocenters. The van der Waals surface area contributed by atoms with Crippen LogP contribution in [0.3, 0.4) is 0 Å². The summed E-state index contributed by atoms with van der Waals surface area (Å²) in [6, 6.07) is 8.16. The number of anilines is 1. The molecule has 2 aromatic heterocycles. The van der Waals surface area contributed by atoms with Crippen molar-refractivity contribution in [3.63, 3.8) is 0 Å². The minimum Gasteiger partial charge on any atom is -0.465 e. The van der Waals surface area contributed by atoms with E-state index >= 15 is 0 Å². The fourth-order valence-corrected chi connectivity index (χ4v) is 3.01. The van der Waals surface area contributed by atoms with Crippen LogP contribution in [-0.2, 0) is 4.74 Å². The lowest BCUT2D eigenvalue weighted by atomic mass is 10.2. The number of esters is 1. The van der Waals surface area contributed by atoms with Gasteiger partial charge in [-0.25, -0.2) is 9.78 Å². The zero-order valence-corrected chi connectivity index (χ0v) is 14.6. The molecule has 0 saturated carbocycles. The van der Waals surface area contributed by atoms with E-state index in [0.29, 0.717) is 15.7 Å². The first-order valence-electron chi connectivity index (χ1n) is 7.13. The Bertz CT molecular complexity index is 928. The van der Waals surface area contributed by atoms with E-state index in [0.717, 1.165) is 5.56 Å². The van der Waals surface area contributed by atoms with Crippen LogP contribution in [0.5, 0.6) is 0 Å². The molecule has 0 spiro atoms. The fourth-order valence-electron chi connectivity index (χ4n) is 2.05. The fraction of sp³-hybridized carbons (Fsp3) is 0.0588. The highest BCUT2D eigenvalue weighted by Gasteiger charge is 2.15. The van der Waals surface area contributed by atoms with E-state index in [2.05, 4.69) is 20.0 Å². The van der Waals surface area contributed by atoms with E-state index in [1.807, 2.05) is 6.07 Å². The first kappa shape index (κ1) is 17.1. The molecular weight excluding hydrogens is 362 g/mol.